The van der Waals surface area contributed by atoms with Gasteiger partial charge in [-0.15, -0.1) is 5.10 Å². The number of amidine groups is 1. The maximum Gasteiger partial charge on any atom is 0.269 e. The van der Waals surface area contributed by atoms with E-state index in [-0.39, 0.29) is 11.6 Å². The van der Waals surface area contributed by atoms with Crippen LogP contribution in [0.3, 0.4) is 0 Å². The lowest BCUT2D eigenvalue weighted by Gasteiger charge is -2.15. The van der Waals surface area contributed by atoms with Gasteiger partial charge in [0.2, 0.25) is 5.91 Å². The highest BCUT2D eigenvalue weighted by Gasteiger charge is 2.28. The predicted octanol–water partition coefficient (Wildman–Crippen LogP) is 2.42. The summed E-state index contributed by atoms with van der Waals surface area (Å²) in [5.74, 6) is 0.297. The van der Waals surface area contributed by atoms with E-state index in [1.54, 1.807) is 12.1 Å². The molecule has 1 aliphatic heterocycles. The number of thioether (sulfide) groups is 1. The molecule has 8 heteroatoms. The van der Waals surface area contributed by atoms with Crippen molar-refractivity contribution in [3.8, 4) is 0 Å². The highest BCUT2D eigenvalue weighted by atomic mass is 32.2. The van der Waals surface area contributed by atoms with Crippen LogP contribution in [0.25, 0.3) is 0 Å². The van der Waals surface area contributed by atoms with Crippen LogP contribution in [0.5, 0.6) is 0 Å². The number of hydrogen-bond donors (Lipinski definition) is 0. The average Bonchev–Trinajstić information content (AvgIpc) is 2.78. The van der Waals surface area contributed by atoms with Crippen molar-refractivity contribution in [2.24, 2.45) is 10.2 Å². The number of nitro groups is 1. The summed E-state index contributed by atoms with van der Waals surface area (Å²) < 4.78 is 0. The predicted molar refractivity (Wildman–Crippen MR) is 82.3 cm³/mol. The van der Waals surface area contributed by atoms with Crippen LogP contribution in [0.2, 0.25) is 0 Å². The van der Waals surface area contributed by atoms with Gasteiger partial charge in [-0.05, 0) is 19.4 Å². The van der Waals surface area contributed by atoms with E-state index in [9.17, 15) is 14.9 Å². The largest absolute Gasteiger partial charge is 0.285 e. The van der Waals surface area contributed by atoms with Gasteiger partial charge < -0.3 is 0 Å². The molecule has 7 nitrogen and oxygen atoms in total. The van der Waals surface area contributed by atoms with Crippen LogP contribution in [0, 0.1) is 10.1 Å². The van der Waals surface area contributed by atoms with Gasteiger partial charge in [0.25, 0.3) is 5.69 Å². The fourth-order valence-corrected chi connectivity index (χ4v) is 2.51. The summed E-state index contributed by atoms with van der Waals surface area (Å²) in [6.07, 6.45) is 0. The molecule has 0 spiro atoms. The summed E-state index contributed by atoms with van der Waals surface area (Å²) in [4.78, 5) is 23.6. The van der Waals surface area contributed by atoms with Gasteiger partial charge in [0, 0.05) is 17.8 Å². The van der Waals surface area contributed by atoms with E-state index in [4.69, 9.17) is 0 Å². The second kappa shape index (κ2) is 6.49. The van der Waals surface area contributed by atoms with Gasteiger partial charge in [0.15, 0.2) is 5.17 Å². The van der Waals surface area contributed by atoms with Crippen molar-refractivity contribution >= 4 is 34.2 Å². The Morgan fingerprint density at radius 1 is 1.38 bits per heavy atom. The Hall–Kier alpha value is -2.22. The molecular weight excluding hydrogens is 292 g/mol. The molecule has 21 heavy (non-hydrogen) atoms. The van der Waals surface area contributed by atoms with Crippen LogP contribution in [-0.2, 0) is 11.3 Å². The maximum absolute atomic E-state index is 11.9. The lowest BCUT2D eigenvalue weighted by molar-refractivity contribution is -0.384. The molecule has 110 valence electrons. The molecule has 1 saturated heterocycles. The van der Waals surface area contributed by atoms with Crippen molar-refractivity contribution in [1.29, 1.82) is 0 Å². The Balaban J connectivity index is 2.16. The minimum Gasteiger partial charge on any atom is -0.285 e. The van der Waals surface area contributed by atoms with Crippen molar-refractivity contribution in [1.82, 2.24) is 4.90 Å². The number of nitrogens with zero attached hydrogens (tertiary/aromatic N) is 4. The Kier molecular flexibility index (Phi) is 4.69. The normalized spacial score (nSPS) is 16.4. The first-order valence-corrected chi connectivity index (χ1v) is 7.21. The molecule has 1 aromatic carbocycles. The van der Waals surface area contributed by atoms with E-state index in [1.807, 2.05) is 13.8 Å². The van der Waals surface area contributed by atoms with E-state index in [2.05, 4.69) is 10.2 Å². The second-order valence-corrected chi connectivity index (χ2v) is 5.56. The number of rotatable bonds is 4. The highest BCUT2D eigenvalue weighted by Crippen LogP contribution is 2.23. The molecule has 0 aliphatic carbocycles. The molecule has 0 unspecified atom stereocenters. The molecule has 0 saturated carbocycles. The Morgan fingerprint density at radius 3 is 2.62 bits per heavy atom. The third-order valence-corrected chi connectivity index (χ3v) is 3.63. The fraction of sp³-hybridized carbons (Fsp3) is 0.308. The van der Waals surface area contributed by atoms with Gasteiger partial charge in [-0.2, -0.15) is 5.10 Å². The minimum absolute atomic E-state index is 0.0287. The van der Waals surface area contributed by atoms with Crippen LogP contribution in [-0.4, -0.2) is 32.4 Å². The van der Waals surface area contributed by atoms with Crippen LogP contribution >= 0.6 is 11.8 Å². The quantitative estimate of drug-likeness (QED) is 0.485. The summed E-state index contributed by atoms with van der Waals surface area (Å²) in [6.45, 7) is 3.99. The number of nitro benzene ring substituents is 1. The van der Waals surface area contributed by atoms with Crippen molar-refractivity contribution in [2.45, 2.75) is 20.4 Å². The monoisotopic (exact) mass is 306 g/mol. The van der Waals surface area contributed by atoms with Gasteiger partial charge in [-0.25, -0.2) is 0 Å². The number of non-ortho nitro benzene ring substituents is 1. The van der Waals surface area contributed by atoms with Crippen LogP contribution in [0.15, 0.2) is 34.5 Å². The Labute approximate surface area is 125 Å². The lowest BCUT2D eigenvalue weighted by Crippen LogP contribution is -2.28. The third kappa shape index (κ3) is 3.88. The standard InChI is InChI=1S/C13H14N4O3S/c1-9(2)14-15-13-16(12(18)8-21-13)7-10-3-5-11(6-4-10)17(19)20/h3-6H,7-8H2,1-2H3/b15-13-. The number of benzene rings is 1. The SMILES string of the molecule is CC(C)=N/N=C1\SCC(=O)N1Cc1ccc([N+](=O)[O-])cc1. The molecule has 0 atom stereocenters. The molecule has 0 N–H and O–H groups in total. The zero-order valence-corrected chi connectivity index (χ0v) is 12.5. The van der Waals surface area contributed by atoms with Crippen molar-refractivity contribution < 1.29 is 9.72 Å². The number of carbonyl (C=O) groups excluding carboxylic acids is 1. The maximum atomic E-state index is 11.9. The molecule has 1 amide bonds. The lowest BCUT2D eigenvalue weighted by atomic mass is 10.2. The summed E-state index contributed by atoms with van der Waals surface area (Å²) >= 11 is 1.34. The Morgan fingerprint density at radius 2 is 2.05 bits per heavy atom. The van der Waals surface area contributed by atoms with Gasteiger partial charge in [0.05, 0.1) is 17.2 Å². The molecule has 0 bridgehead atoms. The molecule has 1 heterocycles. The van der Waals surface area contributed by atoms with Crippen molar-refractivity contribution in [2.75, 3.05) is 5.75 Å². The molecule has 1 aliphatic rings. The fourth-order valence-electron chi connectivity index (χ4n) is 1.68. The van der Waals surface area contributed by atoms with Gasteiger partial charge >= 0.3 is 0 Å². The third-order valence-electron chi connectivity index (χ3n) is 2.68. The Bertz CT molecular complexity index is 621. The molecule has 1 fully saturated rings. The zero-order chi connectivity index (χ0) is 15.4. The van der Waals surface area contributed by atoms with E-state index < -0.39 is 4.92 Å². The molecule has 2 rings (SSSR count). The smallest absolute Gasteiger partial charge is 0.269 e. The molecule has 1 aromatic rings. The first kappa shape index (κ1) is 15.2. The average molecular weight is 306 g/mol. The van der Waals surface area contributed by atoms with Crippen molar-refractivity contribution in [3.63, 3.8) is 0 Å². The summed E-state index contributed by atoms with van der Waals surface area (Å²) in [5, 5.41) is 19.2. The molecular formula is C13H14N4O3S. The summed E-state index contributed by atoms with van der Waals surface area (Å²) in [7, 11) is 0. The van der Waals surface area contributed by atoms with Crippen LogP contribution in [0.4, 0.5) is 5.69 Å². The first-order valence-electron chi connectivity index (χ1n) is 6.22. The van der Waals surface area contributed by atoms with Crippen LogP contribution < -0.4 is 0 Å². The van der Waals surface area contributed by atoms with Gasteiger partial charge in [-0.3, -0.25) is 19.8 Å². The van der Waals surface area contributed by atoms with Gasteiger partial charge in [0.1, 0.15) is 0 Å². The van der Waals surface area contributed by atoms with Crippen molar-refractivity contribution in [3.05, 3.63) is 39.9 Å². The zero-order valence-electron chi connectivity index (χ0n) is 11.6. The van der Waals surface area contributed by atoms with Gasteiger partial charge in [-0.1, -0.05) is 23.9 Å². The van der Waals surface area contributed by atoms with Crippen LogP contribution in [0.1, 0.15) is 19.4 Å². The summed E-state index contributed by atoms with van der Waals surface area (Å²) in [6, 6.07) is 6.13. The first-order chi connectivity index (χ1) is 9.97. The molecule has 0 aromatic heterocycles. The highest BCUT2D eigenvalue weighted by molar-refractivity contribution is 8.15. The number of hydrogen-bond acceptors (Lipinski definition) is 6. The number of carbonyl (C=O) groups is 1. The minimum atomic E-state index is -0.452. The van der Waals surface area contributed by atoms with E-state index in [0.717, 1.165) is 11.3 Å². The van der Waals surface area contributed by atoms with E-state index >= 15 is 0 Å². The second-order valence-electron chi connectivity index (χ2n) is 4.62. The van der Waals surface area contributed by atoms with E-state index in [1.165, 1.54) is 28.8 Å². The van der Waals surface area contributed by atoms with E-state index in [0.29, 0.717) is 17.5 Å². The summed E-state index contributed by atoms with van der Waals surface area (Å²) in [5.41, 5.74) is 1.64. The number of amides is 1. The topological polar surface area (TPSA) is 88.2 Å². The molecule has 0 radical (unpaired) electrons.